The van der Waals surface area contributed by atoms with Crippen molar-refractivity contribution in [1.82, 2.24) is 25.5 Å². The molecule has 1 heterocycles. The molecular weight excluding hydrogens is 206 g/mol. The average molecular weight is 225 g/mol. The van der Waals surface area contributed by atoms with Gasteiger partial charge in [-0.25, -0.2) is 0 Å². The molecular formula is C10H19N5O. The third kappa shape index (κ3) is 2.56. The largest absolute Gasteiger partial charge is 0.394 e. The molecule has 0 atom stereocenters. The fourth-order valence-corrected chi connectivity index (χ4v) is 2.28. The standard InChI is InChI=1S/C10H19N5O/c1-15-13-9(12-14-15)7-11-10(8-16)5-3-2-4-6-10/h11,16H,2-8H2,1H3. The first-order valence-electron chi connectivity index (χ1n) is 5.83. The van der Waals surface area contributed by atoms with Crippen molar-refractivity contribution in [3.63, 3.8) is 0 Å². The van der Waals surface area contributed by atoms with Gasteiger partial charge in [0.25, 0.3) is 0 Å². The SMILES string of the molecule is Cn1nnc(CNC2(CO)CCCCC2)n1. The highest BCUT2D eigenvalue weighted by Crippen LogP contribution is 2.27. The number of tetrazole rings is 1. The molecule has 1 saturated carbocycles. The van der Waals surface area contributed by atoms with Gasteiger partial charge >= 0.3 is 0 Å². The maximum absolute atomic E-state index is 9.50. The summed E-state index contributed by atoms with van der Waals surface area (Å²) >= 11 is 0. The summed E-state index contributed by atoms with van der Waals surface area (Å²) in [5, 5.41) is 24.7. The highest BCUT2D eigenvalue weighted by molar-refractivity contribution is 4.92. The summed E-state index contributed by atoms with van der Waals surface area (Å²) in [4.78, 5) is 1.45. The van der Waals surface area contributed by atoms with Crippen molar-refractivity contribution < 1.29 is 5.11 Å². The number of aliphatic hydroxyl groups excluding tert-OH is 1. The monoisotopic (exact) mass is 225 g/mol. The lowest BCUT2D eigenvalue weighted by molar-refractivity contribution is 0.119. The third-order valence-electron chi connectivity index (χ3n) is 3.28. The Hall–Kier alpha value is -1.01. The summed E-state index contributed by atoms with van der Waals surface area (Å²) in [6.07, 6.45) is 5.70. The number of aliphatic hydroxyl groups is 1. The molecule has 0 unspecified atom stereocenters. The van der Waals surface area contributed by atoms with E-state index in [0.29, 0.717) is 12.4 Å². The van der Waals surface area contributed by atoms with Gasteiger partial charge in [-0.05, 0) is 18.1 Å². The zero-order chi connectivity index (χ0) is 11.4. The normalized spacial score (nSPS) is 19.9. The van der Waals surface area contributed by atoms with Crippen LogP contribution in [0.3, 0.4) is 0 Å². The minimum absolute atomic E-state index is 0.128. The van der Waals surface area contributed by atoms with Gasteiger partial charge in [0.05, 0.1) is 20.2 Å². The first-order valence-corrected chi connectivity index (χ1v) is 5.83. The molecule has 0 radical (unpaired) electrons. The molecule has 6 heteroatoms. The number of nitrogens with zero attached hydrogens (tertiary/aromatic N) is 4. The first kappa shape index (κ1) is 11.5. The van der Waals surface area contributed by atoms with Crippen molar-refractivity contribution in [3.8, 4) is 0 Å². The van der Waals surface area contributed by atoms with E-state index in [-0.39, 0.29) is 12.1 Å². The topological polar surface area (TPSA) is 75.9 Å². The number of hydrogen-bond donors (Lipinski definition) is 2. The van der Waals surface area contributed by atoms with Crippen molar-refractivity contribution in [1.29, 1.82) is 0 Å². The Morgan fingerprint density at radius 3 is 2.69 bits per heavy atom. The fraction of sp³-hybridized carbons (Fsp3) is 0.900. The lowest BCUT2D eigenvalue weighted by Gasteiger charge is -2.36. The van der Waals surface area contributed by atoms with Gasteiger partial charge in [-0.3, -0.25) is 0 Å². The van der Waals surface area contributed by atoms with Crippen molar-refractivity contribution in [2.75, 3.05) is 6.61 Å². The molecule has 1 aliphatic rings. The van der Waals surface area contributed by atoms with Crippen LogP contribution < -0.4 is 5.32 Å². The highest BCUT2D eigenvalue weighted by atomic mass is 16.3. The summed E-state index contributed by atoms with van der Waals surface area (Å²) in [6.45, 7) is 0.766. The second-order valence-electron chi connectivity index (χ2n) is 4.55. The molecule has 1 aromatic rings. The second kappa shape index (κ2) is 4.88. The number of rotatable bonds is 4. The molecule has 1 fully saturated rings. The number of hydrogen-bond acceptors (Lipinski definition) is 5. The maximum atomic E-state index is 9.50. The summed E-state index contributed by atoms with van der Waals surface area (Å²) in [6, 6.07) is 0. The smallest absolute Gasteiger partial charge is 0.188 e. The lowest BCUT2D eigenvalue weighted by atomic mass is 9.82. The zero-order valence-electron chi connectivity index (χ0n) is 9.69. The third-order valence-corrected chi connectivity index (χ3v) is 3.28. The van der Waals surface area contributed by atoms with Crippen molar-refractivity contribution in [3.05, 3.63) is 5.82 Å². The van der Waals surface area contributed by atoms with Crippen molar-refractivity contribution in [2.45, 2.75) is 44.2 Å². The van der Waals surface area contributed by atoms with Gasteiger partial charge in [0, 0.05) is 5.54 Å². The van der Waals surface area contributed by atoms with E-state index < -0.39 is 0 Å². The Labute approximate surface area is 95.0 Å². The van der Waals surface area contributed by atoms with E-state index in [9.17, 15) is 5.11 Å². The molecule has 0 amide bonds. The molecule has 16 heavy (non-hydrogen) atoms. The van der Waals surface area contributed by atoms with E-state index in [4.69, 9.17) is 0 Å². The molecule has 2 rings (SSSR count). The number of nitrogens with one attached hydrogen (secondary N) is 1. The van der Waals surface area contributed by atoms with Gasteiger partial charge in [0.2, 0.25) is 0 Å². The van der Waals surface area contributed by atoms with Gasteiger partial charge in [0.15, 0.2) is 5.82 Å². The van der Waals surface area contributed by atoms with Gasteiger partial charge in [-0.1, -0.05) is 19.3 Å². The minimum atomic E-state index is -0.128. The Bertz CT molecular complexity index is 332. The van der Waals surface area contributed by atoms with Crippen LogP contribution in [0.25, 0.3) is 0 Å². The first-order chi connectivity index (χ1) is 7.74. The Morgan fingerprint density at radius 1 is 1.38 bits per heavy atom. The number of aromatic nitrogens is 4. The fourth-order valence-electron chi connectivity index (χ4n) is 2.28. The van der Waals surface area contributed by atoms with E-state index in [1.54, 1.807) is 7.05 Å². The molecule has 0 aliphatic heterocycles. The second-order valence-corrected chi connectivity index (χ2v) is 4.55. The molecule has 6 nitrogen and oxygen atoms in total. The van der Waals surface area contributed by atoms with Crippen molar-refractivity contribution in [2.24, 2.45) is 7.05 Å². The van der Waals surface area contributed by atoms with E-state index in [1.807, 2.05) is 0 Å². The molecule has 0 spiro atoms. The quantitative estimate of drug-likeness (QED) is 0.754. The molecule has 1 aliphatic carbocycles. The Kier molecular flexibility index (Phi) is 3.50. The summed E-state index contributed by atoms with van der Waals surface area (Å²) < 4.78 is 0. The van der Waals surface area contributed by atoms with Crippen LogP contribution in [0.2, 0.25) is 0 Å². The lowest BCUT2D eigenvalue weighted by Crippen LogP contribution is -2.49. The Balaban J connectivity index is 1.91. The van der Waals surface area contributed by atoms with Crippen LogP contribution in [0, 0.1) is 0 Å². The maximum Gasteiger partial charge on any atom is 0.188 e. The molecule has 90 valence electrons. The summed E-state index contributed by atoms with van der Waals surface area (Å²) in [5.74, 6) is 0.681. The molecule has 2 N–H and O–H groups in total. The van der Waals surface area contributed by atoms with E-state index in [0.717, 1.165) is 12.8 Å². The van der Waals surface area contributed by atoms with Crippen LogP contribution in [0.4, 0.5) is 0 Å². The molecule has 0 bridgehead atoms. The average Bonchev–Trinajstić information content (AvgIpc) is 2.74. The van der Waals surface area contributed by atoms with Crippen LogP contribution >= 0.6 is 0 Å². The predicted octanol–water partition coefficient (Wildman–Crippen LogP) is -0.00510. The van der Waals surface area contributed by atoms with Crippen LogP contribution in [-0.2, 0) is 13.6 Å². The minimum Gasteiger partial charge on any atom is -0.394 e. The van der Waals surface area contributed by atoms with E-state index in [2.05, 4.69) is 20.7 Å². The Morgan fingerprint density at radius 2 is 2.12 bits per heavy atom. The van der Waals surface area contributed by atoms with Crippen LogP contribution in [-0.4, -0.2) is 37.5 Å². The van der Waals surface area contributed by atoms with Gasteiger partial charge < -0.3 is 10.4 Å². The van der Waals surface area contributed by atoms with E-state index >= 15 is 0 Å². The molecule has 0 aromatic carbocycles. The highest BCUT2D eigenvalue weighted by Gasteiger charge is 2.30. The van der Waals surface area contributed by atoms with Crippen LogP contribution in [0.1, 0.15) is 37.9 Å². The molecule has 1 aromatic heterocycles. The summed E-state index contributed by atoms with van der Waals surface area (Å²) in [5.41, 5.74) is -0.128. The zero-order valence-corrected chi connectivity index (χ0v) is 9.69. The molecule has 0 saturated heterocycles. The van der Waals surface area contributed by atoms with E-state index in [1.165, 1.54) is 24.1 Å². The van der Waals surface area contributed by atoms with Gasteiger partial charge in [0.1, 0.15) is 0 Å². The van der Waals surface area contributed by atoms with Crippen molar-refractivity contribution >= 4 is 0 Å². The van der Waals surface area contributed by atoms with Gasteiger partial charge in [-0.15, -0.1) is 10.2 Å². The predicted molar refractivity (Wildman–Crippen MR) is 58.5 cm³/mol. The van der Waals surface area contributed by atoms with Crippen LogP contribution in [0.5, 0.6) is 0 Å². The summed E-state index contributed by atoms with van der Waals surface area (Å²) in [7, 11) is 1.75. The van der Waals surface area contributed by atoms with Gasteiger partial charge in [-0.2, -0.15) is 4.80 Å². The number of aryl methyl sites for hydroxylation is 1. The van der Waals surface area contributed by atoms with Crippen LogP contribution in [0.15, 0.2) is 0 Å².